The van der Waals surface area contributed by atoms with E-state index in [1.54, 1.807) is 0 Å². The van der Waals surface area contributed by atoms with Crippen molar-refractivity contribution >= 4 is 17.0 Å². The summed E-state index contributed by atoms with van der Waals surface area (Å²) in [6.45, 7) is 10.00. The zero-order valence-electron chi connectivity index (χ0n) is 13.3. The molecule has 4 rings (SSSR count). The lowest BCUT2D eigenvalue weighted by Gasteiger charge is -2.33. The number of piperazine rings is 1. The zero-order chi connectivity index (χ0) is 14.6. The predicted molar refractivity (Wildman–Crippen MR) is 87.2 cm³/mol. The van der Waals surface area contributed by atoms with Gasteiger partial charge in [-0.1, -0.05) is 6.07 Å². The molecular formula is C17H24N4. The van der Waals surface area contributed by atoms with E-state index < -0.39 is 0 Å². The van der Waals surface area contributed by atoms with Gasteiger partial charge in [0.05, 0.1) is 11.0 Å². The molecule has 112 valence electrons. The van der Waals surface area contributed by atoms with Crippen molar-refractivity contribution in [2.45, 2.75) is 33.2 Å². The van der Waals surface area contributed by atoms with E-state index in [0.717, 1.165) is 32.7 Å². The number of imidazole rings is 1. The monoisotopic (exact) mass is 284 g/mol. The second-order valence-corrected chi connectivity index (χ2v) is 6.63. The molecule has 0 bridgehead atoms. The molecular weight excluding hydrogens is 260 g/mol. The van der Waals surface area contributed by atoms with Crippen LogP contribution in [0.1, 0.15) is 23.1 Å². The molecule has 0 N–H and O–H groups in total. The molecule has 0 aliphatic carbocycles. The van der Waals surface area contributed by atoms with Crippen LogP contribution in [0.15, 0.2) is 6.07 Å². The maximum atomic E-state index is 5.06. The summed E-state index contributed by atoms with van der Waals surface area (Å²) in [5.41, 5.74) is 6.86. The van der Waals surface area contributed by atoms with Crippen molar-refractivity contribution < 1.29 is 0 Å². The second-order valence-electron chi connectivity index (χ2n) is 6.63. The van der Waals surface area contributed by atoms with Crippen molar-refractivity contribution in [2.24, 2.45) is 0 Å². The topological polar surface area (TPSA) is 24.3 Å². The van der Waals surface area contributed by atoms with Crippen LogP contribution in [-0.4, -0.2) is 47.7 Å². The Bertz CT molecular complexity index is 693. The fourth-order valence-corrected chi connectivity index (χ4v) is 3.73. The third-order valence-electron chi connectivity index (χ3n) is 5.20. The van der Waals surface area contributed by atoms with E-state index in [0.29, 0.717) is 0 Å². The molecule has 1 aromatic carbocycles. The normalized spacial score (nSPS) is 19.5. The third kappa shape index (κ3) is 1.96. The molecule has 0 unspecified atom stereocenters. The summed E-state index contributed by atoms with van der Waals surface area (Å²) in [6, 6.07) is 2.38. The number of nitrogens with zero attached hydrogens (tertiary/aromatic N) is 4. The summed E-state index contributed by atoms with van der Waals surface area (Å²) in [7, 11) is 2.20. The lowest BCUT2D eigenvalue weighted by molar-refractivity contribution is 0.310. The van der Waals surface area contributed by atoms with Crippen molar-refractivity contribution in [2.75, 3.05) is 38.1 Å². The van der Waals surface area contributed by atoms with Crippen LogP contribution < -0.4 is 4.90 Å². The van der Waals surface area contributed by atoms with E-state index in [9.17, 15) is 0 Å². The maximum absolute atomic E-state index is 5.06. The number of rotatable bonds is 1. The quantitative estimate of drug-likeness (QED) is 0.803. The molecule has 1 aromatic heterocycles. The number of hydrogen-bond donors (Lipinski definition) is 0. The molecule has 4 nitrogen and oxygen atoms in total. The summed E-state index contributed by atoms with van der Waals surface area (Å²) in [5.74, 6) is 1.20. The summed E-state index contributed by atoms with van der Waals surface area (Å²) in [5, 5.41) is 0. The van der Waals surface area contributed by atoms with Gasteiger partial charge in [0.2, 0.25) is 5.95 Å². The Morgan fingerprint density at radius 1 is 1.05 bits per heavy atom. The van der Waals surface area contributed by atoms with Crippen molar-refractivity contribution in [1.29, 1.82) is 0 Å². The highest BCUT2D eigenvalue weighted by Gasteiger charge is 2.25. The van der Waals surface area contributed by atoms with Crippen molar-refractivity contribution in [3.05, 3.63) is 22.8 Å². The maximum Gasteiger partial charge on any atom is 0.206 e. The van der Waals surface area contributed by atoms with Gasteiger partial charge in [0, 0.05) is 32.7 Å². The van der Waals surface area contributed by atoms with Gasteiger partial charge in [-0.15, -0.1) is 0 Å². The molecule has 0 atom stereocenters. The number of hydrogen-bond acceptors (Lipinski definition) is 3. The summed E-state index contributed by atoms with van der Waals surface area (Å²) < 4.78 is 2.48. The number of aryl methyl sites for hydroxylation is 4. The molecule has 2 aliphatic heterocycles. The van der Waals surface area contributed by atoms with Gasteiger partial charge in [0.1, 0.15) is 0 Å². The van der Waals surface area contributed by atoms with Gasteiger partial charge in [-0.25, -0.2) is 4.98 Å². The molecule has 0 amide bonds. The van der Waals surface area contributed by atoms with Crippen LogP contribution in [0.25, 0.3) is 11.0 Å². The fraction of sp³-hybridized carbons (Fsp3) is 0.588. The summed E-state index contributed by atoms with van der Waals surface area (Å²) >= 11 is 0. The van der Waals surface area contributed by atoms with Gasteiger partial charge in [0.15, 0.2) is 0 Å². The Hall–Kier alpha value is -1.55. The molecule has 3 heterocycles. The minimum Gasteiger partial charge on any atom is -0.340 e. The van der Waals surface area contributed by atoms with Crippen LogP contribution in [0.2, 0.25) is 0 Å². The standard InChI is InChI=1S/C17H24N4/c1-12-11-14-5-4-6-21-16(14)15(13(12)2)18-17(21)20-9-7-19(3)8-10-20/h11H,4-10H2,1-3H3. The van der Waals surface area contributed by atoms with Crippen LogP contribution in [0.3, 0.4) is 0 Å². The minimum absolute atomic E-state index is 1.09. The third-order valence-corrected chi connectivity index (χ3v) is 5.20. The first-order valence-corrected chi connectivity index (χ1v) is 8.08. The van der Waals surface area contributed by atoms with Crippen LogP contribution in [0.4, 0.5) is 5.95 Å². The Morgan fingerprint density at radius 3 is 2.57 bits per heavy atom. The number of aromatic nitrogens is 2. The Kier molecular flexibility index (Phi) is 2.96. The van der Waals surface area contributed by atoms with Gasteiger partial charge >= 0.3 is 0 Å². The SMILES string of the molecule is Cc1cc2c3c(nc(N4CCN(C)CC4)n3CCC2)c1C. The molecule has 0 spiro atoms. The van der Waals surface area contributed by atoms with Gasteiger partial charge in [-0.2, -0.15) is 0 Å². The largest absolute Gasteiger partial charge is 0.340 e. The van der Waals surface area contributed by atoms with Crippen molar-refractivity contribution in [1.82, 2.24) is 14.5 Å². The predicted octanol–water partition coefficient (Wildman–Crippen LogP) is 2.35. The van der Waals surface area contributed by atoms with E-state index >= 15 is 0 Å². The second kappa shape index (κ2) is 4.73. The van der Waals surface area contributed by atoms with E-state index in [4.69, 9.17) is 4.98 Å². The molecule has 2 aliphatic rings. The first kappa shape index (κ1) is 13.1. The minimum atomic E-state index is 1.09. The van der Waals surface area contributed by atoms with E-state index in [1.165, 1.54) is 46.5 Å². The highest BCUT2D eigenvalue weighted by molar-refractivity contribution is 5.86. The van der Waals surface area contributed by atoms with Gasteiger partial charge in [-0.3, -0.25) is 0 Å². The van der Waals surface area contributed by atoms with Gasteiger partial charge in [-0.05, 0) is 50.4 Å². The lowest BCUT2D eigenvalue weighted by atomic mass is 9.98. The molecule has 1 fully saturated rings. The van der Waals surface area contributed by atoms with Crippen molar-refractivity contribution in [3.8, 4) is 0 Å². The van der Waals surface area contributed by atoms with Crippen LogP contribution in [0.5, 0.6) is 0 Å². The molecule has 1 saturated heterocycles. The average molecular weight is 284 g/mol. The van der Waals surface area contributed by atoms with E-state index in [1.807, 2.05) is 0 Å². The fourth-order valence-electron chi connectivity index (χ4n) is 3.73. The van der Waals surface area contributed by atoms with Gasteiger partial charge in [0.25, 0.3) is 0 Å². The van der Waals surface area contributed by atoms with Crippen molar-refractivity contribution in [3.63, 3.8) is 0 Å². The first-order chi connectivity index (χ1) is 10.1. The molecule has 2 aromatic rings. The smallest absolute Gasteiger partial charge is 0.206 e. The molecule has 21 heavy (non-hydrogen) atoms. The lowest BCUT2D eigenvalue weighted by Crippen LogP contribution is -2.45. The zero-order valence-corrected chi connectivity index (χ0v) is 13.3. The number of likely N-dealkylation sites (N-methyl/N-ethyl adjacent to an activating group) is 1. The van der Waals surface area contributed by atoms with Crippen LogP contribution in [0, 0.1) is 13.8 Å². The Labute approximate surface area is 126 Å². The molecule has 0 radical (unpaired) electrons. The first-order valence-electron chi connectivity index (χ1n) is 8.08. The van der Waals surface area contributed by atoms with Crippen LogP contribution in [-0.2, 0) is 13.0 Å². The van der Waals surface area contributed by atoms with E-state index in [2.05, 4.69) is 41.3 Å². The Balaban J connectivity index is 1.87. The van der Waals surface area contributed by atoms with Crippen LogP contribution >= 0.6 is 0 Å². The number of benzene rings is 1. The molecule has 4 heteroatoms. The average Bonchev–Trinajstić information content (AvgIpc) is 2.87. The highest BCUT2D eigenvalue weighted by atomic mass is 15.4. The Morgan fingerprint density at radius 2 is 1.81 bits per heavy atom. The number of anilines is 1. The highest BCUT2D eigenvalue weighted by Crippen LogP contribution is 2.34. The van der Waals surface area contributed by atoms with Gasteiger partial charge < -0.3 is 14.4 Å². The van der Waals surface area contributed by atoms with E-state index in [-0.39, 0.29) is 0 Å². The summed E-state index contributed by atoms with van der Waals surface area (Å²) in [4.78, 5) is 9.94. The summed E-state index contributed by atoms with van der Waals surface area (Å²) in [6.07, 6.45) is 2.44. The molecule has 0 saturated carbocycles.